The number of anilines is 1. The summed E-state index contributed by atoms with van der Waals surface area (Å²) in [6.45, 7) is 1.86. The zero-order valence-electron chi connectivity index (χ0n) is 26.2. The van der Waals surface area contributed by atoms with E-state index in [-0.39, 0.29) is 35.6 Å². The maximum atomic E-state index is 15.0. The molecular weight excluding hydrogens is 622 g/mol. The second-order valence-corrected chi connectivity index (χ2v) is 13.7. The molecule has 6 atom stereocenters. The minimum atomic E-state index is -1.34. The second kappa shape index (κ2) is 11.3. The van der Waals surface area contributed by atoms with E-state index in [2.05, 4.69) is 0 Å². The van der Waals surface area contributed by atoms with Gasteiger partial charge in [-0.15, -0.1) is 0 Å². The van der Waals surface area contributed by atoms with Crippen LogP contribution in [0.2, 0.25) is 5.02 Å². The summed E-state index contributed by atoms with van der Waals surface area (Å²) in [4.78, 5) is 59.7. The summed E-state index contributed by atoms with van der Waals surface area (Å²) in [7, 11) is 0. The van der Waals surface area contributed by atoms with Crippen LogP contribution < -0.4 is 4.90 Å². The summed E-state index contributed by atoms with van der Waals surface area (Å²) in [6, 6.07) is 30.6. The second-order valence-electron chi connectivity index (χ2n) is 13.3. The largest absolute Gasteiger partial charge is 0.508 e. The van der Waals surface area contributed by atoms with E-state index in [1.54, 1.807) is 36.4 Å². The summed E-state index contributed by atoms with van der Waals surface area (Å²) in [5, 5.41) is 11.2. The van der Waals surface area contributed by atoms with Crippen molar-refractivity contribution >= 4 is 46.2 Å². The Balaban J connectivity index is 1.35. The Morgan fingerprint density at radius 2 is 1.54 bits per heavy atom. The minimum Gasteiger partial charge on any atom is -0.508 e. The molecule has 1 N–H and O–H groups in total. The molecular formula is C41H32ClNO5. The predicted octanol–water partition coefficient (Wildman–Crippen LogP) is 7.38. The average Bonchev–Trinajstić information content (AvgIpc) is 3.36. The molecule has 1 saturated carbocycles. The fourth-order valence-electron chi connectivity index (χ4n) is 8.93. The highest BCUT2D eigenvalue weighted by Gasteiger charge is 2.66. The van der Waals surface area contributed by atoms with Crippen LogP contribution in [0.25, 0.3) is 5.57 Å². The number of phenols is 1. The lowest BCUT2D eigenvalue weighted by atomic mass is 9.44. The van der Waals surface area contributed by atoms with Crippen LogP contribution in [0.4, 0.5) is 5.69 Å². The van der Waals surface area contributed by atoms with Gasteiger partial charge in [-0.25, -0.2) is 4.90 Å². The summed E-state index contributed by atoms with van der Waals surface area (Å²) in [5.74, 6) is -4.29. The lowest BCUT2D eigenvalue weighted by molar-refractivity contribution is -0.135. The minimum absolute atomic E-state index is 0.0355. The molecule has 238 valence electrons. The number of aryl methyl sites for hydroxylation is 1. The first-order chi connectivity index (χ1) is 23.2. The third-order valence-corrected chi connectivity index (χ3v) is 11.4. The number of phenolic OH excluding ortho intramolecular Hbond substituents is 1. The van der Waals surface area contributed by atoms with Gasteiger partial charge in [-0.1, -0.05) is 102 Å². The Labute approximate surface area is 283 Å². The molecule has 1 heterocycles. The first-order valence-electron chi connectivity index (χ1n) is 16.3. The van der Waals surface area contributed by atoms with Crippen LogP contribution in [0.3, 0.4) is 0 Å². The van der Waals surface area contributed by atoms with Crippen LogP contribution in [0.5, 0.6) is 5.75 Å². The highest BCUT2D eigenvalue weighted by molar-refractivity contribution is 6.33. The highest BCUT2D eigenvalue weighted by Crippen LogP contribution is 2.63. The monoisotopic (exact) mass is 653 g/mol. The van der Waals surface area contributed by atoms with E-state index in [0.29, 0.717) is 39.4 Å². The maximum Gasteiger partial charge on any atom is 0.238 e. The number of hydrogen-bond acceptors (Lipinski definition) is 5. The Bertz CT molecular complexity index is 2090. The van der Waals surface area contributed by atoms with Gasteiger partial charge >= 0.3 is 0 Å². The van der Waals surface area contributed by atoms with Crippen LogP contribution in [-0.2, 0) is 24.6 Å². The molecule has 6 nitrogen and oxygen atoms in total. The van der Waals surface area contributed by atoms with E-state index in [0.717, 1.165) is 11.1 Å². The number of hydrogen-bond donors (Lipinski definition) is 1. The van der Waals surface area contributed by atoms with Crippen LogP contribution >= 0.6 is 11.6 Å². The third-order valence-electron chi connectivity index (χ3n) is 11.0. The van der Waals surface area contributed by atoms with Crippen LogP contribution in [0, 0.1) is 30.6 Å². The predicted molar refractivity (Wildman–Crippen MR) is 183 cm³/mol. The van der Waals surface area contributed by atoms with Gasteiger partial charge in [-0.3, -0.25) is 19.2 Å². The van der Waals surface area contributed by atoms with E-state index in [4.69, 9.17) is 11.6 Å². The number of carbonyl (C=O) groups excluding carboxylic acids is 4. The van der Waals surface area contributed by atoms with Gasteiger partial charge in [0.1, 0.15) is 5.75 Å². The molecule has 1 saturated heterocycles. The van der Waals surface area contributed by atoms with Crippen LogP contribution in [0.1, 0.15) is 41.0 Å². The molecule has 2 fully saturated rings. The normalized spacial score (nSPS) is 28.0. The van der Waals surface area contributed by atoms with E-state index in [1.165, 1.54) is 11.0 Å². The number of aromatic hydroxyl groups is 1. The van der Waals surface area contributed by atoms with Gasteiger partial charge in [-0.05, 0) is 78.3 Å². The number of ketones is 2. The molecule has 2 amide bonds. The lowest BCUT2D eigenvalue weighted by Gasteiger charge is -2.55. The van der Waals surface area contributed by atoms with Crippen molar-refractivity contribution in [1.82, 2.24) is 0 Å². The molecule has 6 unspecified atom stereocenters. The maximum absolute atomic E-state index is 15.0. The summed E-state index contributed by atoms with van der Waals surface area (Å²) in [5.41, 5.74) is 3.15. The van der Waals surface area contributed by atoms with E-state index in [9.17, 15) is 19.5 Å². The zero-order valence-corrected chi connectivity index (χ0v) is 26.9. The van der Waals surface area contributed by atoms with Crippen LogP contribution in [0.15, 0.2) is 121 Å². The molecule has 4 aliphatic rings. The standard InChI is InChI=1S/C41H32ClNO5/c1-23-15-16-27(20-34(23)42)43-39(47)30-18-17-29-32(36(30)40(43)48)21-33-38(46)31(24-9-4-2-5-10-24)22-35(45)41(33,26-12-6-3-7-13-26)37(29)25-11-8-14-28(44)19-25/h2-17,19-20,22,30,32-33,36-37,44H,18,21H2,1H3. The van der Waals surface area contributed by atoms with Crippen molar-refractivity contribution in [2.24, 2.45) is 23.7 Å². The van der Waals surface area contributed by atoms with Gasteiger partial charge in [-0.2, -0.15) is 0 Å². The van der Waals surface area contributed by atoms with Crippen molar-refractivity contribution in [2.45, 2.75) is 31.1 Å². The molecule has 4 aromatic rings. The fourth-order valence-corrected chi connectivity index (χ4v) is 9.10. The van der Waals surface area contributed by atoms with Gasteiger partial charge in [0.05, 0.1) is 22.9 Å². The molecule has 8 rings (SSSR count). The van der Waals surface area contributed by atoms with Crippen molar-refractivity contribution in [1.29, 1.82) is 0 Å². The van der Waals surface area contributed by atoms with Crippen molar-refractivity contribution in [3.63, 3.8) is 0 Å². The van der Waals surface area contributed by atoms with Gasteiger partial charge in [0.15, 0.2) is 11.6 Å². The summed E-state index contributed by atoms with van der Waals surface area (Å²) in [6.07, 6.45) is 4.05. The number of nitrogens with zero attached hydrogens (tertiary/aromatic N) is 1. The number of carbonyl (C=O) groups is 4. The molecule has 0 spiro atoms. The first kappa shape index (κ1) is 30.3. The molecule has 4 aromatic carbocycles. The number of benzene rings is 4. The SMILES string of the molecule is Cc1ccc(N2C(=O)C3CC=C4C(CC5C(=O)C(c6ccccc6)=CC(=O)C5(c5ccccc5)C4c4cccc(O)c4)C3C2=O)cc1Cl. The molecule has 0 radical (unpaired) electrons. The molecule has 0 bridgehead atoms. The van der Waals surface area contributed by atoms with Crippen molar-refractivity contribution in [3.05, 3.63) is 148 Å². The number of fused-ring (bicyclic) bond motifs is 4. The summed E-state index contributed by atoms with van der Waals surface area (Å²) >= 11 is 6.44. The average molecular weight is 654 g/mol. The van der Waals surface area contributed by atoms with E-state index < -0.39 is 35.0 Å². The van der Waals surface area contributed by atoms with Crippen LogP contribution in [-0.4, -0.2) is 28.5 Å². The smallest absolute Gasteiger partial charge is 0.238 e. The Morgan fingerprint density at radius 1 is 0.812 bits per heavy atom. The van der Waals surface area contributed by atoms with Crippen molar-refractivity contribution < 1.29 is 24.3 Å². The molecule has 7 heteroatoms. The fraction of sp³-hybridized carbons (Fsp3) is 0.220. The van der Waals surface area contributed by atoms with E-state index >= 15 is 4.79 Å². The molecule has 0 aromatic heterocycles. The van der Waals surface area contributed by atoms with Gasteiger partial charge in [0.2, 0.25) is 11.8 Å². The van der Waals surface area contributed by atoms with E-state index in [1.807, 2.05) is 79.7 Å². The number of allylic oxidation sites excluding steroid dienone is 4. The highest BCUT2D eigenvalue weighted by atomic mass is 35.5. The lowest BCUT2D eigenvalue weighted by Crippen LogP contribution is -2.58. The summed E-state index contributed by atoms with van der Waals surface area (Å²) < 4.78 is 0. The number of Topliss-reactive ketones (excluding diaryl/α,β-unsaturated/α-hetero) is 1. The van der Waals surface area contributed by atoms with Crippen molar-refractivity contribution in [3.8, 4) is 5.75 Å². The van der Waals surface area contributed by atoms with Gasteiger partial charge in [0.25, 0.3) is 0 Å². The molecule has 3 aliphatic carbocycles. The third kappa shape index (κ3) is 4.32. The quantitative estimate of drug-likeness (QED) is 0.183. The number of imide groups is 1. The Hall–Kier alpha value is -5.07. The number of rotatable bonds is 4. The first-order valence-corrected chi connectivity index (χ1v) is 16.6. The van der Waals surface area contributed by atoms with Crippen molar-refractivity contribution in [2.75, 3.05) is 4.90 Å². The molecule has 1 aliphatic heterocycles. The van der Waals surface area contributed by atoms with Gasteiger partial charge in [0, 0.05) is 22.4 Å². The van der Waals surface area contributed by atoms with Gasteiger partial charge < -0.3 is 5.11 Å². The zero-order chi connectivity index (χ0) is 33.3. The topological polar surface area (TPSA) is 91.8 Å². The molecule has 48 heavy (non-hydrogen) atoms. The number of amides is 2. The Kier molecular flexibility index (Phi) is 7.11. The number of halogens is 1. The Morgan fingerprint density at radius 3 is 2.25 bits per heavy atom.